The largest absolute Gasteiger partial charge is 0.494 e. The monoisotopic (exact) mass is 595 g/mol. The number of hydrogen-bond acceptors (Lipinski definition) is 8. The van der Waals surface area contributed by atoms with Crippen molar-refractivity contribution in [3.05, 3.63) is 96.3 Å². The molecule has 1 aromatic heterocycles. The molecule has 11 nitrogen and oxygen atoms in total. The molecule has 13 heteroatoms. The van der Waals surface area contributed by atoms with Crippen LogP contribution < -0.4 is 19.1 Å². The minimum atomic E-state index is -4.11. The summed E-state index contributed by atoms with van der Waals surface area (Å²) in [6, 6.07) is 19.8. The first-order valence-corrected chi connectivity index (χ1v) is 15.4. The molecular formula is C28H29N5O6S2. The number of sulfonamides is 2. The van der Waals surface area contributed by atoms with Crippen LogP contribution in [0.3, 0.4) is 0 Å². The van der Waals surface area contributed by atoms with E-state index in [1.807, 2.05) is 13.8 Å². The normalized spacial score (nSPS) is 11.5. The minimum absolute atomic E-state index is 0.0319. The van der Waals surface area contributed by atoms with Gasteiger partial charge < -0.3 is 10.1 Å². The van der Waals surface area contributed by atoms with Crippen LogP contribution in [0.25, 0.3) is 0 Å². The second kappa shape index (κ2) is 12.4. The van der Waals surface area contributed by atoms with E-state index >= 15 is 0 Å². The predicted molar refractivity (Wildman–Crippen MR) is 156 cm³/mol. The molecule has 0 fully saturated rings. The van der Waals surface area contributed by atoms with Gasteiger partial charge in [-0.05, 0) is 87.5 Å². The van der Waals surface area contributed by atoms with E-state index in [0.717, 1.165) is 9.87 Å². The zero-order chi connectivity index (χ0) is 29.6. The van der Waals surface area contributed by atoms with Gasteiger partial charge in [0.05, 0.1) is 22.1 Å². The van der Waals surface area contributed by atoms with Crippen molar-refractivity contribution in [2.45, 2.75) is 30.6 Å². The maximum absolute atomic E-state index is 13.6. The number of hydrogen-bond donors (Lipinski definition) is 2. The number of benzene rings is 3. The molecule has 4 aromatic rings. The Kier molecular flexibility index (Phi) is 8.89. The van der Waals surface area contributed by atoms with Crippen LogP contribution in [-0.2, 0) is 24.8 Å². The molecule has 0 saturated heterocycles. The van der Waals surface area contributed by atoms with Gasteiger partial charge in [0.25, 0.3) is 20.0 Å². The molecule has 41 heavy (non-hydrogen) atoms. The van der Waals surface area contributed by atoms with Gasteiger partial charge in [-0.15, -0.1) is 0 Å². The second-order valence-corrected chi connectivity index (χ2v) is 12.5. The minimum Gasteiger partial charge on any atom is -0.494 e. The molecule has 0 spiro atoms. The Morgan fingerprint density at radius 2 is 1.49 bits per heavy atom. The number of carbonyl (C=O) groups is 1. The topological polar surface area (TPSA) is 148 Å². The fraction of sp³-hybridized carbons (Fsp3) is 0.179. The highest BCUT2D eigenvalue weighted by molar-refractivity contribution is 7.93. The Labute approximate surface area is 239 Å². The zero-order valence-electron chi connectivity index (χ0n) is 22.6. The molecule has 0 aliphatic carbocycles. The zero-order valence-corrected chi connectivity index (χ0v) is 24.2. The molecular weight excluding hydrogens is 566 g/mol. The van der Waals surface area contributed by atoms with Crippen LogP contribution in [-0.4, -0.2) is 45.9 Å². The summed E-state index contributed by atoms with van der Waals surface area (Å²) in [6.07, 6.45) is 1.44. The fourth-order valence-electron chi connectivity index (χ4n) is 3.75. The Balaban J connectivity index is 1.53. The number of amides is 1. The first-order chi connectivity index (χ1) is 19.5. The van der Waals surface area contributed by atoms with Crippen molar-refractivity contribution < 1.29 is 26.4 Å². The summed E-state index contributed by atoms with van der Waals surface area (Å²) in [5.41, 5.74) is 2.04. The maximum atomic E-state index is 13.6. The Hall–Kier alpha value is -4.49. The number of rotatable bonds is 11. The van der Waals surface area contributed by atoms with E-state index in [-0.39, 0.29) is 27.1 Å². The summed E-state index contributed by atoms with van der Waals surface area (Å²) in [5.74, 6) is -0.130. The van der Waals surface area contributed by atoms with E-state index in [1.54, 1.807) is 49.4 Å². The van der Waals surface area contributed by atoms with Crippen LogP contribution in [0.2, 0.25) is 0 Å². The van der Waals surface area contributed by atoms with E-state index in [1.165, 1.54) is 42.6 Å². The standard InChI is InChI=1S/C28H29N5O6S2/c1-4-39-24-11-9-23(10-12-24)33(41(37,38)26-13-5-20(2)6-14-26)19-27(34)31-22-7-15-25(16-8-22)40(35,36)32-28-29-18-17-21(3)30-28/h5-18H,4,19H2,1-3H3,(H,31,34)(H,29,30,32). The molecule has 0 saturated carbocycles. The molecule has 214 valence electrons. The quantitative estimate of drug-likeness (QED) is 0.263. The third kappa shape index (κ3) is 7.38. The Morgan fingerprint density at radius 3 is 2.10 bits per heavy atom. The Bertz CT molecular complexity index is 1730. The van der Waals surface area contributed by atoms with Crippen LogP contribution in [0.5, 0.6) is 5.75 Å². The molecule has 4 rings (SSSR count). The third-order valence-corrected chi connectivity index (χ3v) is 8.93. The van der Waals surface area contributed by atoms with Crippen molar-refractivity contribution in [1.82, 2.24) is 9.97 Å². The number of carbonyl (C=O) groups excluding carboxylic acids is 1. The van der Waals surface area contributed by atoms with Crippen LogP contribution in [0, 0.1) is 13.8 Å². The lowest BCUT2D eigenvalue weighted by atomic mass is 10.2. The summed E-state index contributed by atoms with van der Waals surface area (Å²) in [5, 5.41) is 2.63. The van der Waals surface area contributed by atoms with Crippen LogP contribution >= 0.6 is 0 Å². The average Bonchev–Trinajstić information content (AvgIpc) is 2.93. The highest BCUT2D eigenvalue weighted by Gasteiger charge is 2.27. The van der Waals surface area contributed by atoms with Crippen molar-refractivity contribution in [2.75, 3.05) is 27.5 Å². The van der Waals surface area contributed by atoms with E-state index in [0.29, 0.717) is 18.1 Å². The van der Waals surface area contributed by atoms with Gasteiger partial charge in [0.15, 0.2) is 0 Å². The van der Waals surface area contributed by atoms with Gasteiger partial charge in [-0.25, -0.2) is 31.5 Å². The number of aryl methyl sites for hydroxylation is 2. The van der Waals surface area contributed by atoms with E-state index in [4.69, 9.17) is 4.74 Å². The summed E-state index contributed by atoms with van der Waals surface area (Å²) >= 11 is 0. The van der Waals surface area contributed by atoms with E-state index < -0.39 is 32.5 Å². The molecule has 0 bridgehead atoms. The smallest absolute Gasteiger partial charge is 0.264 e. The van der Waals surface area contributed by atoms with Gasteiger partial charge in [0.1, 0.15) is 12.3 Å². The van der Waals surface area contributed by atoms with E-state index in [2.05, 4.69) is 20.0 Å². The first-order valence-electron chi connectivity index (χ1n) is 12.5. The summed E-state index contributed by atoms with van der Waals surface area (Å²) in [4.78, 5) is 21.0. The van der Waals surface area contributed by atoms with Gasteiger partial charge in [-0.1, -0.05) is 17.7 Å². The fourth-order valence-corrected chi connectivity index (χ4v) is 6.13. The number of nitrogens with zero attached hydrogens (tertiary/aromatic N) is 3. The van der Waals surface area contributed by atoms with Crippen LogP contribution in [0.1, 0.15) is 18.2 Å². The predicted octanol–water partition coefficient (Wildman–Crippen LogP) is 4.13. The first kappa shape index (κ1) is 29.5. The summed E-state index contributed by atoms with van der Waals surface area (Å²) in [6.45, 7) is 5.31. The second-order valence-electron chi connectivity index (χ2n) is 8.95. The molecule has 0 unspecified atom stereocenters. The van der Waals surface area contributed by atoms with Gasteiger partial charge in [0, 0.05) is 17.6 Å². The lowest BCUT2D eigenvalue weighted by Crippen LogP contribution is -2.38. The van der Waals surface area contributed by atoms with Crippen molar-refractivity contribution in [2.24, 2.45) is 0 Å². The highest BCUT2D eigenvalue weighted by atomic mass is 32.2. The molecule has 0 radical (unpaired) electrons. The molecule has 1 heterocycles. The number of anilines is 3. The lowest BCUT2D eigenvalue weighted by molar-refractivity contribution is -0.114. The van der Waals surface area contributed by atoms with Gasteiger partial charge in [-0.2, -0.15) is 0 Å². The summed E-state index contributed by atoms with van der Waals surface area (Å²) in [7, 11) is -8.09. The third-order valence-electron chi connectivity index (χ3n) is 5.80. The van der Waals surface area contributed by atoms with Crippen LogP contribution in [0.15, 0.2) is 94.9 Å². The highest BCUT2D eigenvalue weighted by Crippen LogP contribution is 2.26. The van der Waals surface area contributed by atoms with Gasteiger partial charge in [0.2, 0.25) is 11.9 Å². The molecule has 0 atom stereocenters. The molecule has 0 aliphatic heterocycles. The SMILES string of the molecule is CCOc1ccc(N(CC(=O)Nc2ccc(S(=O)(=O)Nc3nccc(C)n3)cc2)S(=O)(=O)c2ccc(C)cc2)cc1. The van der Waals surface area contributed by atoms with E-state index in [9.17, 15) is 21.6 Å². The van der Waals surface area contributed by atoms with Gasteiger partial charge in [-0.3, -0.25) is 9.10 Å². The summed E-state index contributed by atoms with van der Waals surface area (Å²) < 4.78 is 61.4. The molecule has 3 aromatic carbocycles. The maximum Gasteiger partial charge on any atom is 0.264 e. The van der Waals surface area contributed by atoms with Crippen LogP contribution in [0.4, 0.5) is 17.3 Å². The van der Waals surface area contributed by atoms with Crippen molar-refractivity contribution in [1.29, 1.82) is 0 Å². The molecule has 2 N–H and O–H groups in total. The van der Waals surface area contributed by atoms with Gasteiger partial charge >= 0.3 is 0 Å². The molecule has 0 aliphatic rings. The molecule has 1 amide bonds. The average molecular weight is 596 g/mol. The Morgan fingerprint density at radius 1 is 0.854 bits per heavy atom. The lowest BCUT2D eigenvalue weighted by Gasteiger charge is -2.24. The number of ether oxygens (including phenoxy) is 1. The van der Waals surface area contributed by atoms with Crippen molar-refractivity contribution in [3.8, 4) is 5.75 Å². The number of aromatic nitrogens is 2. The van der Waals surface area contributed by atoms with Crippen molar-refractivity contribution >= 4 is 43.3 Å². The number of nitrogens with one attached hydrogen (secondary N) is 2. The van der Waals surface area contributed by atoms with Crippen molar-refractivity contribution in [3.63, 3.8) is 0 Å².